The Morgan fingerprint density at radius 1 is 1.19 bits per heavy atom. The fraction of sp³-hybridized carbons (Fsp3) is 0.217. The van der Waals surface area contributed by atoms with Gasteiger partial charge in [-0.3, -0.25) is 14.5 Å². The van der Waals surface area contributed by atoms with Gasteiger partial charge in [-0.25, -0.2) is 4.79 Å². The lowest BCUT2D eigenvalue weighted by Crippen LogP contribution is -2.31. The predicted molar refractivity (Wildman–Crippen MR) is 118 cm³/mol. The summed E-state index contributed by atoms with van der Waals surface area (Å²) in [6.07, 6.45) is 0.357. The summed E-state index contributed by atoms with van der Waals surface area (Å²) in [4.78, 5) is 38.4. The number of rotatable bonds is 6. The second-order valence-corrected chi connectivity index (χ2v) is 8.04. The summed E-state index contributed by atoms with van der Waals surface area (Å²) in [6, 6.07) is 15.9. The van der Waals surface area contributed by atoms with Crippen molar-refractivity contribution in [2.75, 3.05) is 11.5 Å². The van der Waals surface area contributed by atoms with Gasteiger partial charge in [0, 0.05) is 0 Å². The lowest BCUT2D eigenvalue weighted by Gasteiger charge is -2.20. The molecule has 1 aliphatic heterocycles. The molecule has 1 saturated heterocycles. The maximum Gasteiger partial charge on any atom is 0.338 e. The summed E-state index contributed by atoms with van der Waals surface area (Å²) in [5.74, 6) is -1.52. The number of aryl methyl sites for hydroxylation is 1. The molecule has 1 aliphatic rings. The molecule has 0 unspecified atom stereocenters. The highest BCUT2D eigenvalue weighted by Gasteiger charge is 2.40. The minimum absolute atomic E-state index is 0.238. The van der Waals surface area contributed by atoms with Crippen LogP contribution in [0.5, 0.6) is 0 Å². The zero-order chi connectivity index (χ0) is 22.5. The average molecular weight is 436 g/mol. The first-order valence-electron chi connectivity index (χ1n) is 9.63. The molecule has 1 heterocycles. The molecule has 2 aromatic carbocycles. The number of esters is 1. The molecule has 0 bridgehead atoms. The Morgan fingerprint density at radius 3 is 2.45 bits per heavy atom. The molecule has 2 aromatic rings. The highest BCUT2D eigenvalue weighted by molar-refractivity contribution is 8.05. The van der Waals surface area contributed by atoms with Crippen LogP contribution in [0, 0.1) is 18.3 Å². The van der Waals surface area contributed by atoms with Crippen molar-refractivity contribution in [3.05, 3.63) is 75.8 Å². The Hall–Kier alpha value is -3.57. The second kappa shape index (κ2) is 9.49. The van der Waals surface area contributed by atoms with E-state index in [4.69, 9.17) is 10.5 Å². The van der Waals surface area contributed by atoms with E-state index in [1.54, 1.807) is 43.3 Å². The summed E-state index contributed by atoms with van der Waals surface area (Å²) >= 11 is 1.15. The molecule has 31 heavy (non-hydrogen) atoms. The standard InChI is InChI=1S/C23H21N3O4S/c1-3-30-23(29)16-10-8-15(9-11-16)12-19-21(28)26(18-7-5-4-6-14(18)2)22(31-19)17(13-24)20(25)27/h4-11,19H,3,12H2,1-2H3,(H2,25,27)/b22-17-/t19-/m1/s1. The number of amides is 2. The van der Waals surface area contributed by atoms with Crippen LogP contribution in [0.3, 0.4) is 0 Å². The van der Waals surface area contributed by atoms with Crippen LogP contribution in [0.15, 0.2) is 59.1 Å². The van der Waals surface area contributed by atoms with E-state index in [0.717, 1.165) is 22.9 Å². The van der Waals surface area contributed by atoms with Crippen LogP contribution in [0.1, 0.15) is 28.4 Å². The van der Waals surface area contributed by atoms with Crippen molar-refractivity contribution < 1.29 is 19.1 Å². The van der Waals surface area contributed by atoms with E-state index in [1.807, 2.05) is 25.1 Å². The zero-order valence-corrected chi connectivity index (χ0v) is 17.9. The highest BCUT2D eigenvalue weighted by Crippen LogP contribution is 2.42. The summed E-state index contributed by atoms with van der Waals surface area (Å²) in [5.41, 5.74) is 7.85. The molecule has 2 amide bonds. The van der Waals surface area contributed by atoms with Gasteiger partial charge in [-0.2, -0.15) is 5.26 Å². The molecule has 1 atom stereocenters. The Bertz CT molecular complexity index is 1100. The summed E-state index contributed by atoms with van der Waals surface area (Å²) in [6.45, 7) is 3.88. The van der Waals surface area contributed by atoms with Gasteiger partial charge in [0.2, 0.25) is 5.91 Å². The van der Waals surface area contributed by atoms with Crippen LogP contribution in [0.25, 0.3) is 0 Å². The normalized spacial score (nSPS) is 17.3. The molecule has 8 heteroatoms. The SMILES string of the molecule is CCOC(=O)c1ccc(C[C@H]2S/C(=C(/C#N)C(N)=O)N(c3ccccc3C)C2=O)cc1. The molecule has 158 valence electrons. The fourth-order valence-corrected chi connectivity index (χ4v) is 4.55. The molecule has 0 aromatic heterocycles. The largest absolute Gasteiger partial charge is 0.462 e. The molecular formula is C23H21N3O4S. The average Bonchev–Trinajstić information content (AvgIpc) is 3.05. The van der Waals surface area contributed by atoms with E-state index in [-0.39, 0.29) is 16.5 Å². The first kappa shape index (κ1) is 22.1. The number of thioether (sulfide) groups is 1. The third kappa shape index (κ3) is 4.62. The number of nitrogens with zero attached hydrogens (tertiary/aromatic N) is 2. The number of carbonyl (C=O) groups excluding carboxylic acids is 3. The van der Waals surface area contributed by atoms with Crippen molar-refractivity contribution >= 4 is 35.2 Å². The van der Waals surface area contributed by atoms with Gasteiger partial charge in [-0.1, -0.05) is 42.1 Å². The first-order chi connectivity index (χ1) is 14.9. The van der Waals surface area contributed by atoms with Gasteiger partial charge >= 0.3 is 5.97 Å². The van der Waals surface area contributed by atoms with Gasteiger partial charge in [-0.05, 0) is 49.6 Å². The number of nitrogens with two attached hydrogens (primary N) is 1. The topological polar surface area (TPSA) is 113 Å². The molecule has 0 saturated carbocycles. The molecule has 0 radical (unpaired) electrons. The minimum atomic E-state index is -0.879. The van der Waals surface area contributed by atoms with Crippen molar-refractivity contribution in [1.29, 1.82) is 5.26 Å². The van der Waals surface area contributed by atoms with Crippen molar-refractivity contribution in [2.45, 2.75) is 25.5 Å². The number of ether oxygens (including phenoxy) is 1. The summed E-state index contributed by atoms with van der Waals surface area (Å²) in [5, 5.41) is 9.16. The number of primary amides is 1. The molecule has 0 spiro atoms. The van der Waals surface area contributed by atoms with E-state index in [9.17, 15) is 19.6 Å². The monoisotopic (exact) mass is 435 g/mol. The van der Waals surface area contributed by atoms with Gasteiger partial charge in [-0.15, -0.1) is 0 Å². The van der Waals surface area contributed by atoms with Crippen LogP contribution in [0.2, 0.25) is 0 Å². The van der Waals surface area contributed by atoms with E-state index in [2.05, 4.69) is 0 Å². The van der Waals surface area contributed by atoms with E-state index >= 15 is 0 Å². The van der Waals surface area contributed by atoms with E-state index in [0.29, 0.717) is 24.3 Å². The van der Waals surface area contributed by atoms with Crippen LogP contribution >= 0.6 is 11.8 Å². The van der Waals surface area contributed by atoms with Crippen molar-refractivity contribution in [1.82, 2.24) is 0 Å². The molecule has 7 nitrogen and oxygen atoms in total. The Balaban J connectivity index is 1.94. The number of hydrogen-bond acceptors (Lipinski definition) is 6. The minimum Gasteiger partial charge on any atom is -0.462 e. The maximum atomic E-state index is 13.3. The van der Waals surface area contributed by atoms with Crippen molar-refractivity contribution in [3.8, 4) is 6.07 Å². The van der Waals surface area contributed by atoms with Crippen LogP contribution in [-0.4, -0.2) is 29.6 Å². The van der Waals surface area contributed by atoms with E-state index in [1.165, 1.54) is 4.90 Å². The smallest absolute Gasteiger partial charge is 0.338 e. The van der Waals surface area contributed by atoms with Gasteiger partial charge < -0.3 is 10.5 Å². The quantitative estimate of drug-likeness (QED) is 0.424. The number of nitriles is 1. The van der Waals surface area contributed by atoms with Crippen LogP contribution in [-0.2, 0) is 20.7 Å². The van der Waals surface area contributed by atoms with Gasteiger partial charge in [0.25, 0.3) is 5.91 Å². The van der Waals surface area contributed by atoms with Gasteiger partial charge in [0.1, 0.15) is 16.7 Å². The molecule has 1 fully saturated rings. The number of benzene rings is 2. The lowest BCUT2D eigenvalue weighted by atomic mass is 10.1. The Labute approximate surface area is 184 Å². The molecule has 3 rings (SSSR count). The molecular weight excluding hydrogens is 414 g/mol. The second-order valence-electron chi connectivity index (χ2n) is 6.84. The van der Waals surface area contributed by atoms with Crippen LogP contribution < -0.4 is 10.6 Å². The first-order valence-corrected chi connectivity index (χ1v) is 10.5. The van der Waals surface area contributed by atoms with Crippen molar-refractivity contribution in [3.63, 3.8) is 0 Å². The summed E-state index contributed by atoms with van der Waals surface area (Å²) < 4.78 is 4.98. The number of para-hydroxylation sites is 1. The van der Waals surface area contributed by atoms with Crippen LogP contribution in [0.4, 0.5) is 5.69 Å². The number of carbonyl (C=O) groups is 3. The lowest BCUT2D eigenvalue weighted by molar-refractivity contribution is -0.117. The maximum absolute atomic E-state index is 13.3. The summed E-state index contributed by atoms with van der Waals surface area (Å²) in [7, 11) is 0. The number of hydrogen-bond donors (Lipinski definition) is 1. The highest BCUT2D eigenvalue weighted by atomic mass is 32.2. The Morgan fingerprint density at radius 2 is 1.87 bits per heavy atom. The van der Waals surface area contributed by atoms with E-state index < -0.39 is 17.1 Å². The zero-order valence-electron chi connectivity index (χ0n) is 17.1. The fourth-order valence-electron chi connectivity index (χ4n) is 3.24. The van der Waals surface area contributed by atoms with Crippen molar-refractivity contribution in [2.24, 2.45) is 5.73 Å². The predicted octanol–water partition coefficient (Wildman–Crippen LogP) is 3.08. The number of anilines is 1. The molecule has 2 N–H and O–H groups in total. The Kier molecular flexibility index (Phi) is 6.78. The van der Waals surface area contributed by atoms with Gasteiger partial charge in [0.05, 0.1) is 23.1 Å². The molecule has 0 aliphatic carbocycles. The van der Waals surface area contributed by atoms with Gasteiger partial charge in [0.15, 0.2) is 0 Å². The third-order valence-corrected chi connectivity index (χ3v) is 6.03. The third-order valence-electron chi connectivity index (χ3n) is 4.77.